The Morgan fingerprint density at radius 3 is 2.52 bits per heavy atom. The summed E-state index contributed by atoms with van der Waals surface area (Å²) in [7, 11) is 1.47. The van der Waals surface area contributed by atoms with E-state index in [1.165, 1.54) is 14.0 Å². The van der Waals surface area contributed by atoms with Crippen LogP contribution in [0.5, 0.6) is 5.75 Å². The minimum Gasteiger partial charge on any atom is -0.492 e. The number of ether oxygens (including phenoxy) is 1. The molecule has 0 bridgehead atoms. The van der Waals surface area contributed by atoms with Gasteiger partial charge in [-0.15, -0.1) is 24.0 Å². The Hall–Kier alpha value is -1.72. The monoisotopic (exact) mass is 474 g/mol. The van der Waals surface area contributed by atoms with Gasteiger partial charge in [0.2, 0.25) is 5.91 Å². The Morgan fingerprint density at radius 1 is 1.24 bits per heavy atom. The number of hydrogen-bond donors (Lipinski definition) is 3. The number of anilines is 1. The van der Waals surface area contributed by atoms with Crippen molar-refractivity contribution in [3.8, 4) is 5.75 Å². The third-order valence-corrected chi connectivity index (χ3v) is 2.74. The normalized spacial score (nSPS) is 11.3. The van der Waals surface area contributed by atoms with Gasteiger partial charge in [0, 0.05) is 32.3 Å². The molecule has 142 valence electrons. The summed E-state index contributed by atoms with van der Waals surface area (Å²) in [6.07, 6.45) is -5.13. The van der Waals surface area contributed by atoms with Gasteiger partial charge in [0.15, 0.2) is 5.96 Å². The van der Waals surface area contributed by atoms with Gasteiger partial charge >= 0.3 is 6.18 Å². The molecule has 0 saturated carbocycles. The summed E-state index contributed by atoms with van der Waals surface area (Å²) in [5, 5.41) is 8.06. The molecule has 0 aliphatic heterocycles. The molecule has 1 amide bonds. The number of guanidine groups is 1. The fourth-order valence-electron chi connectivity index (χ4n) is 1.75. The number of carbonyl (C=O) groups is 1. The molecule has 1 rings (SSSR count). The Kier molecular flexibility index (Phi) is 11.0. The summed E-state index contributed by atoms with van der Waals surface area (Å²) < 4.78 is 41.7. The zero-order chi connectivity index (χ0) is 18.0. The summed E-state index contributed by atoms with van der Waals surface area (Å²) in [6, 6.07) is 6.89. The first-order valence-electron chi connectivity index (χ1n) is 7.32. The second kappa shape index (κ2) is 11.8. The molecular weight excluding hydrogens is 452 g/mol. The summed E-state index contributed by atoms with van der Waals surface area (Å²) >= 11 is 0. The minimum absolute atomic E-state index is 0. The lowest BCUT2D eigenvalue weighted by atomic mass is 10.3. The van der Waals surface area contributed by atoms with Crippen LogP contribution in [0.25, 0.3) is 0 Å². The lowest BCUT2D eigenvalue weighted by Crippen LogP contribution is -2.40. The van der Waals surface area contributed by atoms with E-state index in [9.17, 15) is 18.0 Å². The van der Waals surface area contributed by atoms with E-state index in [0.29, 0.717) is 18.0 Å². The van der Waals surface area contributed by atoms with Crippen LogP contribution >= 0.6 is 24.0 Å². The van der Waals surface area contributed by atoms with Gasteiger partial charge in [0.05, 0.1) is 13.0 Å². The lowest BCUT2D eigenvalue weighted by molar-refractivity contribution is -0.132. The highest BCUT2D eigenvalue weighted by Gasteiger charge is 2.26. The summed E-state index contributed by atoms with van der Waals surface area (Å²) in [4.78, 5) is 14.8. The Labute approximate surface area is 161 Å². The van der Waals surface area contributed by atoms with Crippen molar-refractivity contribution in [2.45, 2.75) is 19.5 Å². The van der Waals surface area contributed by atoms with Crippen LogP contribution in [0.15, 0.2) is 29.3 Å². The van der Waals surface area contributed by atoms with Crippen molar-refractivity contribution >= 4 is 41.5 Å². The molecule has 25 heavy (non-hydrogen) atoms. The first-order chi connectivity index (χ1) is 11.3. The van der Waals surface area contributed by atoms with Crippen LogP contribution < -0.4 is 20.7 Å². The van der Waals surface area contributed by atoms with Crippen molar-refractivity contribution in [1.82, 2.24) is 10.6 Å². The van der Waals surface area contributed by atoms with Crippen LogP contribution in [0.2, 0.25) is 0 Å². The molecule has 0 spiro atoms. The zero-order valence-corrected chi connectivity index (χ0v) is 16.3. The van der Waals surface area contributed by atoms with Gasteiger partial charge in [0.25, 0.3) is 0 Å². The highest BCUT2D eigenvalue weighted by atomic mass is 127. The van der Waals surface area contributed by atoms with Gasteiger partial charge < -0.3 is 20.7 Å². The molecule has 0 saturated heterocycles. The van der Waals surface area contributed by atoms with E-state index in [2.05, 4.69) is 20.9 Å². The number of aliphatic imine (C=N–C) groups is 1. The minimum atomic E-state index is -4.20. The first kappa shape index (κ1) is 23.3. The second-order valence-corrected chi connectivity index (χ2v) is 4.85. The van der Waals surface area contributed by atoms with Gasteiger partial charge in [0.1, 0.15) is 12.4 Å². The maximum absolute atomic E-state index is 12.1. The van der Waals surface area contributed by atoms with Crippen molar-refractivity contribution in [3.63, 3.8) is 0 Å². The van der Waals surface area contributed by atoms with E-state index in [4.69, 9.17) is 4.74 Å². The van der Waals surface area contributed by atoms with Gasteiger partial charge in [-0.3, -0.25) is 9.79 Å². The van der Waals surface area contributed by atoms with Crippen molar-refractivity contribution in [1.29, 1.82) is 0 Å². The van der Waals surface area contributed by atoms with E-state index < -0.39 is 12.6 Å². The van der Waals surface area contributed by atoms with Crippen molar-refractivity contribution in [3.05, 3.63) is 24.3 Å². The zero-order valence-electron chi connectivity index (χ0n) is 13.9. The van der Waals surface area contributed by atoms with E-state index in [-0.39, 0.29) is 49.0 Å². The number of nitrogens with one attached hydrogen (secondary N) is 3. The second-order valence-electron chi connectivity index (χ2n) is 4.85. The van der Waals surface area contributed by atoms with E-state index >= 15 is 0 Å². The van der Waals surface area contributed by atoms with Crippen LogP contribution in [0, 0.1) is 0 Å². The SMILES string of the molecule is CN=C(NCCOc1cccc(NC(C)=O)c1)NCCC(F)(F)F.I. The molecule has 0 heterocycles. The summed E-state index contributed by atoms with van der Waals surface area (Å²) in [6.45, 7) is 1.80. The Morgan fingerprint density at radius 2 is 1.92 bits per heavy atom. The predicted octanol–water partition coefficient (Wildman–Crippen LogP) is 2.76. The molecule has 0 aliphatic carbocycles. The molecule has 0 atom stereocenters. The molecule has 3 N–H and O–H groups in total. The molecule has 6 nitrogen and oxygen atoms in total. The maximum Gasteiger partial charge on any atom is 0.390 e. The average Bonchev–Trinajstić information content (AvgIpc) is 2.48. The summed E-state index contributed by atoms with van der Waals surface area (Å²) in [5.41, 5.74) is 0.623. The van der Waals surface area contributed by atoms with Gasteiger partial charge in [-0.05, 0) is 12.1 Å². The molecule has 1 aromatic carbocycles. The standard InChI is InChI=1S/C15H21F3N4O2.HI/c1-11(23)22-12-4-3-5-13(10-12)24-9-8-21-14(19-2)20-7-6-15(16,17)18;/h3-5,10H,6-9H2,1-2H3,(H,22,23)(H2,19,20,21);1H. The number of rotatable bonds is 7. The molecule has 0 aromatic heterocycles. The molecule has 10 heteroatoms. The maximum atomic E-state index is 12.1. The average molecular weight is 474 g/mol. The van der Waals surface area contributed by atoms with Crippen molar-refractivity contribution in [2.24, 2.45) is 4.99 Å². The fourth-order valence-corrected chi connectivity index (χ4v) is 1.75. The largest absolute Gasteiger partial charge is 0.492 e. The number of nitrogens with zero attached hydrogens (tertiary/aromatic N) is 1. The van der Waals surface area contributed by atoms with Crippen LogP contribution in [-0.2, 0) is 4.79 Å². The van der Waals surface area contributed by atoms with Gasteiger partial charge in [-0.2, -0.15) is 13.2 Å². The smallest absolute Gasteiger partial charge is 0.390 e. The van der Waals surface area contributed by atoms with Crippen LogP contribution in [0.3, 0.4) is 0 Å². The molecule has 0 fully saturated rings. The van der Waals surface area contributed by atoms with Crippen LogP contribution in [-0.4, -0.2) is 44.8 Å². The fraction of sp³-hybridized carbons (Fsp3) is 0.467. The lowest BCUT2D eigenvalue weighted by Gasteiger charge is -2.13. The predicted molar refractivity (Wildman–Crippen MR) is 102 cm³/mol. The van der Waals surface area contributed by atoms with E-state index in [0.717, 1.165) is 0 Å². The molecule has 0 unspecified atom stereocenters. The molecule has 1 aromatic rings. The molecule has 0 radical (unpaired) electrons. The van der Waals surface area contributed by atoms with E-state index in [1.807, 2.05) is 0 Å². The number of benzene rings is 1. The first-order valence-corrected chi connectivity index (χ1v) is 7.32. The van der Waals surface area contributed by atoms with E-state index in [1.54, 1.807) is 24.3 Å². The number of hydrogen-bond acceptors (Lipinski definition) is 3. The topological polar surface area (TPSA) is 74.8 Å². The van der Waals surface area contributed by atoms with Crippen molar-refractivity contribution < 1.29 is 22.7 Å². The van der Waals surface area contributed by atoms with Crippen molar-refractivity contribution in [2.75, 3.05) is 32.1 Å². The summed E-state index contributed by atoms with van der Waals surface area (Å²) in [5.74, 6) is 0.667. The third-order valence-electron chi connectivity index (χ3n) is 2.74. The number of carbonyl (C=O) groups excluding carboxylic acids is 1. The van der Waals surface area contributed by atoms with Gasteiger partial charge in [-0.1, -0.05) is 6.07 Å². The number of amides is 1. The highest BCUT2D eigenvalue weighted by molar-refractivity contribution is 14.0. The Balaban J connectivity index is 0.00000576. The molecular formula is C15H22F3IN4O2. The van der Waals surface area contributed by atoms with Crippen LogP contribution in [0.1, 0.15) is 13.3 Å². The number of alkyl halides is 3. The quantitative estimate of drug-likeness (QED) is 0.246. The third kappa shape index (κ3) is 11.5. The molecule has 0 aliphatic rings. The van der Waals surface area contributed by atoms with Gasteiger partial charge in [-0.25, -0.2) is 0 Å². The van der Waals surface area contributed by atoms with Crippen LogP contribution in [0.4, 0.5) is 18.9 Å². The highest BCUT2D eigenvalue weighted by Crippen LogP contribution is 2.18. The Bertz CT molecular complexity index is 568. The number of halogens is 4.